The van der Waals surface area contributed by atoms with E-state index in [4.69, 9.17) is 0 Å². The summed E-state index contributed by atoms with van der Waals surface area (Å²) in [5.74, 6) is 0.132. The van der Waals surface area contributed by atoms with E-state index in [9.17, 15) is 13.2 Å². The Morgan fingerprint density at radius 3 is 2.32 bits per heavy atom. The number of likely N-dealkylation sites (N-methyl/N-ethyl adjacent to an activating group) is 1. The van der Waals surface area contributed by atoms with Gasteiger partial charge < -0.3 is 10.2 Å². The van der Waals surface area contributed by atoms with Crippen molar-refractivity contribution in [2.45, 2.75) is 37.8 Å². The molecule has 6 nitrogen and oxygen atoms in total. The molecule has 0 aromatic heterocycles. The summed E-state index contributed by atoms with van der Waals surface area (Å²) in [6.45, 7) is 1.45. The van der Waals surface area contributed by atoms with Gasteiger partial charge in [-0.2, -0.15) is 0 Å². The third kappa shape index (κ3) is 4.15. The predicted molar refractivity (Wildman–Crippen MR) is 73.2 cm³/mol. The van der Waals surface area contributed by atoms with Gasteiger partial charge in [-0.25, -0.2) is 12.7 Å². The van der Waals surface area contributed by atoms with Crippen molar-refractivity contribution in [3.63, 3.8) is 0 Å². The molecule has 0 atom stereocenters. The first kappa shape index (κ1) is 14.7. The van der Waals surface area contributed by atoms with Gasteiger partial charge in [0.15, 0.2) is 0 Å². The third-order valence-electron chi connectivity index (χ3n) is 3.95. The minimum Gasteiger partial charge on any atom is -0.342 e. The van der Waals surface area contributed by atoms with E-state index in [1.165, 1.54) is 10.6 Å². The van der Waals surface area contributed by atoms with Crippen LogP contribution in [0.4, 0.5) is 0 Å². The standard InChI is InChI=1S/C12H23N3O3S/c1-14(11-3-4-11)12(16)9-13-10-5-7-15(8-6-10)19(2,17)18/h10-11,13H,3-9H2,1-2H3. The number of carbonyl (C=O) groups excluding carboxylic acids is 1. The Morgan fingerprint density at radius 2 is 1.84 bits per heavy atom. The summed E-state index contributed by atoms with van der Waals surface area (Å²) in [6.07, 6.45) is 5.03. The summed E-state index contributed by atoms with van der Waals surface area (Å²) in [4.78, 5) is 13.7. The van der Waals surface area contributed by atoms with Gasteiger partial charge >= 0.3 is 0 Å². The number of sulfonamides is 1. The Balaban J connectivity index is 1.69. The summed E-state index contributed by atoms with van der Waals surface area (Å²) >= 11 is 0. The van der Waals surface area contributed by atoms with E-state index < -0.39 is 10.0 Å². The van der Waals surface area contributed by atoms with Gasteiger partial charge in [-0.1, -0.05) is 0 Å². The van der Waals surface area contributed by atoms with Crippen LogP contribution < -0.4 is 5.32 Å². The molecule has 1 saturated heterocycles. The molecule has 2 fully saturated rings. The largest absolute Gasteiger partial charge is 0.342 e. The van der Waals surface area contributed by atoms with Crippen LogP contribution >= 0.6 is 0 Å². The van der Waals surface area contributed by atoms with E-state index in [1.54, 1.807) is 0 Å². The lowest BCUT2D eigenvalue weighted by Crippen LogP contribution is -2.47. The first-order valence-corrected chi connectivity index (χ1v) is 8.67. The van der Waals surface area contributed by atoms with Crippen molar-refractivity contribution >= 4 is 15.9 Å². The van der Waals surface area contributed by atoms with Crippen molar-refractivity contribution in [3.05, 3.63) is 0 Å². The quantitative estimate of drug-likeness (QED) is 0.749. The van der Waals surface area contributed by atoms with Crippen LogP contribution in [0.5, 0.6) is 0 Å². The van der Waals surface area contributed by atoms with Gasteiger partial charge in [-0.3, -0.25) is 4.79 Å². The van der Waals surface area contributed by atoms with Crippen LogP contribution in [0.1, 0.15) is 25.7 Å². The highest BCUT2D eigenvalue weighted by Gasteiger charge is 2.30. The first-order valence-electron chi connectivity index (χ1n) is 6.82. The second kappa shape index (κ2) is 5.76. The van der Waals surface area contributed by atoms with Gasteiger partial charge in [-0.15, -0.1) is 0 Å². The Bertz CT molecular complexity index is 426. The number of carbonyl (C=O) groups is 1. The third-order valence-corrected chi connectivity index (χ3v) is 5.26. The zero-order valence-electron chi connectivity index (χ0n) is 11.6. The van der Waals surface area contributed by atoms with Crippen molar-refractivity contribution in [1.29, 1.82) is 0 Å². The number of nitrogens with zero attached hydrogens (tertiary/aromatic N) is 2. The summed E-state index contributed by atoms with van der Waals surface area (Å²) in [6, 6.07) is 0.691. The van der Waals surface area contributed by atoms with Crippen LogP contribution in [0.25, 0.3) is 0 Å². The van der Waals surface area contributed by atoms with Crippen molar-refractivity contribution in [3.8, 4) is 0 Å². The Hall–Kier alpha value is -0.660. The SMILES string of the molecule is CN(C(=O)CNC1CCN(S(C)(=O)=O)CC1)C1CC1. The molecule has 0 bridgehead atoms. The number of nitrogens with one attached hydrogen (secondary N) is 1. The van der Waals surface area contributed by atoms with E-state index in [0.717, 1.165) is 25.7 Å². The van der Waals surface area contributed by atoms with E-state index in [-0.39, 0.29) is 11.9 Å². The number of hydrogen-bond acceptors (Lipinski definition) is 4. The maximum Gasteiger partial charge on any atom is 0.236 e. The Kier molecular flexibility index (Phi) is 4.47. The van der Waals surface area contributed by atoms with Gasteiger partial charge in [-0.05, 0) is 25.7 Å². The molecule has 2 aliphatic rings. The van der Waals surface area contributed by atoms with Gasteiger partial charge in [0.2, 0.25) is 15.9 Å². The molecular weight excluding hydrogens is 266 g/mol. The molecule has 7 heteroatoms. The molecule has 0 spiro atoms. The van der Waals surface area contributed by atoms with Crippen LogP contribution in [0, 0.1) is 0 Å². The summed E-state index contributed by atoms with van der Waals surface area (Å²) in [5.41, 5.74) is 0. The van der Waals surface area contributed by atoms with Crippen LogP contribution in [-0.2, 0) is 14.8 Å². The molecule has 110 valence electrons. The molecule has 1 amide bonds. The monoisotopic (exact) mass is 289 g/mol. The van der Waals surface area contributed by atoms with Crippen LogP contribution in [-0.4, -0.2) is 68.6 Å². The normalized spacial score (nSPS) is 22.4. The molecule has 1 N–H and O–H groups in total. The molecule has 1 heterocycles. The lowest BCUT2D eigenvalue weighted by Gasteiger charge is -2.31. The smallest absolute Gasteiger partial charge is 0.236 e. The molecule has 2 rings (SSSR count). The highest BCUT2D eigenvalue weighted by molar-refractivity contribution is 7.88. The second-order valence-electron chi connectivity index (χ2n) is 5.55. The first-order chi connectivity index (χ1) is 8.88. The lowest BCUT2D eigenvalue weighted by atomic mass is 10.1. The topological polar surface area (TPSA) is 69.7 Å². The number of amides is 1. The molecule has 19 heavy (non-hydrogen) atoms. The predicted octanol–water partition coefficient (Wildman–Crippen LogP) is -0.379. The average Bonchev–Trinajstić information content (AvgIpc) is 3.18. The molecule has 1 aliphatic heterocycles. The Morgan fingerprint density at radius 1 is 1.26 bits per heavy atom. The number of piperidine rings is 1. The summed E-state index contributed by atoms with van der Waals surface area (Å²) in [7, 11) is -1.21. The maximum atomic E-state index is 11.8. The lowest BCUT2D eigenvalue weighted by molar-refractivity contribution is -0.129. The molecule has 0 aromatic rings. The maximum absolute atomic E-state index is 11.8. The molecule has 0 radical (unpaired) electrons. The van der Waals surface area contributed by atoms with Gasteiger partial charge in [0, 0.05) is 32.2 Å². The molecule has 1 saturated carbocycles. The minimum absolute atomic E-state index is 0.132. The fraction of sp³-hybridized carbons (Fsp3) is 0.917. The summed E-state index contributed by atoms with van der Waals surface area (Å²) < 4.78 is 24.3. The second-order valence-corrected chi connectivity index (χ2v) is 7.54. The average molecular weight is 289 g/mol. The molecule has 0 aromatic carbocycles. The van der Waals surface area contributed by atoms with Crippen molar-refractivity contribution < 1.29 is 13.2 Å². The van der Waals surface area contributed by atoms with Crippen molar-refractivity contribution in [2.75, 3.05) is 32.9 Å². The summed E-state index contributed by atoms with van der Waals surface area (Å²) in [5, 5.41) is 3.24. The zero-order chi connectivity index (χ0) is 14.0. The van der Waals surface area contributed by atoms with Crippen molar-refractivity contribution in [1.82, 2.24) is 14.5 Å². The van der Waals surface area contributed by atoms with E-state index in [1.807, 2.05) is 11.9 Å². The molecule has 0 unspecified atom stereocenters. The highest BCUT2D eigenvalue weighted by Crippen LogP contribution is 2.25. The van der Waals surface area contributed by atoms with Crippen LogP contribution in [0.15, 0.2) is 0 Å². The van der Waals surface area contributed by atoms with Crippen LogP contribution in [0.3, 0.4) is 0 Å². The van der Waals surface area contributed by atoms with E-state index in [2.05, 4.69) is 5.32 Å². The fourth-order valence-electron chi connectivity index (χ4n) is 2.41. The Labute approximate surface area is 115 Å². The van der Waals surface area contributed by atoms with E-state index in [0.29, 0.717) is 25.7 Å². The van der Waals surface area contributed by atoms with E-state index >= 15 is 0 Å². The van der Waals surface area contributed by atoms with Crippen LogP contribution in [0.2, 0.25) is 0 Å². The molecule has 1 aliphatic carbocycles. The highest BCUT2D eigenvalue weighted by atomic mass is 32.2. The number of hydrogen-bond donors (Lipinski definition) is 1. The van der Waals surface area contributed by atoms with Gasteiger partial charge in [0.05, 0.1) is 12.8 Å². The van der Waals surface area contributed by atoms with Gasteiger partial charge in [0.1, 0.15) is 0 Å². The molecular formula is C12H23N3O3S. The van der Waals surface area contributed by atoms with Gasteiger partial charge in [0.25, 0.3) is 0 Å². The number of rotatable bonds is 5. The van der Waals surface area contributed by atoms with Crippen molar-refractivity contribution in [2.24, 2.45) is 0 Å². The minimum atomic E-state index is -3.07. The fourth-order valence-corrected chi connectivity index (χ4v) is 3.29. The zero-order valence-corrected chi connectivity index (χ0v) is 12.4.